The van der Waals surface area contributed by atoms with Crippen LogP contribution in [0.3, 0.4) is 0 Å². The van der Waals surface area contributed by atoms with Crippen molar-refractivity contribution in [2.24, 2.45) is 10.1 Å². The molecule has 2 heterocycles. The van der Waals surface area contributed by atoms with E-state index in [1.807, 2.05) is 23.2 Å². The molecule has 1 fully saturated rings. The molecule has 0 amide bonds. The number of likely N-dealkylation sites (N-methyl/N-ethyl adjacent to an activating group) is 1. The first-order valence-electron chi connectivity index (χ1n) is 9.02. The summed E-state index contributed by atoms with van der Waals surface area (Å²) in [5, 5.41) is 7.25. The van der Waals surface area contributed by atoms with Gasteiger partial charge >= 0.3 is 0 Å². The number of nitrogens with one attached hydrogen (secondary N) is 1. The van der Waals surface area contributed by atoms with Gasteiger partial charge in [-0.25, -0.2) is 4.99 Å². The van der Waals surface area contributed by atoms with Gasteiger partial charge in [-0.3, -0.25) is 9.80 Å². The Labute approximate surface area is 153 Å². The highest BCUT2D eigenvalue weighted by atomic mass is 16.5. The quantitative estimate of drug-likeness (QED) is 0.609. The largest absolute Gasteiger partial charge is 0.494 e. The molecule has 1 aliphatic heterocycles. The number of hydrogen-bond acceptors (Lipinski definition) is 6. The Morgan fingerprint density at radius 1 is 1.15 bits per heavy atom. The minimum atomic E-state index is -0.106. The highest BCUT2D eigenvalue weighted by molar-refractivity contribution is 5.79. The topological polar surface area (TPSA) is 73.3 Å². The van der Waals surface area contributed by atoms with Gasteiger partial charge in [0.2, 0.25) is 5.56 Å². The van der Waals surface area contributed by atoms with Crippen molar-refractivity contribution in [3.05, 3.63) is 40.7 Å². The van der Waals surface area contributed by atoms with E-state index in [0.717, 1.165) is 55.7 Å². The van der Waals surface area contributed by atoms with E-state index in [9.17, 15) is 4.79 Å². The Hall–Kier alpha value is -2.63. The van der Waals surface area contributed by atoms with Crippen LogP contribution in [0.2, 0.25) is 0 Å². The standard InChI is InChI=1S/C19H25N5O2/c1-23-9-11-24(12-10-23)21-15-20-8-2-3-13-26-17-6-4-16-5-7-19(25)22-18(16)14-17/h4-7,14H,2-3,8-13H2,1H3,(H,22,25). The molecule has 0 aliphatic carbocycles. The number of H-pyrrole nitrogens is 1. The lowest BCUT2D eigenvalue weighted by molar-refractivity contribution is 0.160. The number of piperazine rings is 1. The van der Waals surface area contributed by atoms with Crippen LogP contribution in [0.1, 0.15) is 12.8 Å². The first kappa shape index (κ1) is 18.2. The normalized spacial score (nSPS) is 14.9. The van der Waals surface area contributed by atoms with Gasteiger partial charge in [0.05, 0.1) is 18.7 Å². The van der Waals surface area contributed by atoms with Gasteiger partial charge in [-0.1, -0.05) is 0 Å². The first-order valence-corrected chi connectivity index (χ1v) is 9.02. The van der Waals surface area contributed by atoms with Crippen molar-refractivity contribution in [2.75, 3.05) is 46.4 Å². The van der Waals surface area contributed by atoms with E-state index in [-0.39, 0.29) is 5.56 Å². The summed E-state index contributed by atoms with van der Waals surface area (Å²) in [7, 11) is 2.12. The van der Waals surface area contributed by atoms with Gasteiger partial charge in [-0.2, -0.15) is 0 Å². The van der Waals surface area contributed by atoms with Crippen molar-refractivity contribution in [1.82, 2.24) is 14.9 Å². The van der Waals surface area contributed by atoms with E-state index in [1.165, 1.54) is 6.07 Å². The van der Waals surface area contributed by atoms with E-state index in [2.05, 4.69) is 33.0 Å². The van der Waals surface area contributed by atoms with E-state index in [1.54, 1.807) is 6.07 Å². The summed E-state index contributed by atoms with van der Waals surface area (Å²) in [5.74, 6) is 0.763. The average molecular weight is 355 g/mol. The predicted octanol–water partition coefficient (Wildman–Crippen LogP) is 2.02. The molecule has 1 aromatic carbocycles. The number of ether oxygens (including phenoxy) is 1. The van der Waals surface area contributed by atoms with Crippen molar-refractivity contribution in [2.45, 2.75) is 12.8 Å². The molecule has 1 aliphatic rings. The lowest BCUT2D eigenvalue weighted by atomic mass is 10.2. The maximum absolute atomic E-state index is 11.4. The number of aromatic nitrogens is 1. The van der Waals surface area contributed by atoms with Gasteiger partial charge in [0.1, 0.15) is 11.8 Å². The highest BCUT2D eigenvalue weighted by Gasteiger charge is 2.10. The number of nitrogens with zero attached hydrogens (tertiary/aromatic N) is 4. The number of aliphatic imine (C=N–C) groups is 1. The van der Waals surface area contributed by atoms with Crippen LogP contribution >= 0.6 is 0 Å². The number of rotatable bonds is 7. The van der Waals surface area contributed by atoms with Crippen LogP contribution in [-0.2, 0) is 0 Å². The zero-order valence-corrected chi connectivity index (χ0v) is 15.1. The fourth-order valence-corrected chi connectivity index (χ4v) is 2.74. The Kier molecular flexibility index (Phi) is 6.41. The number of unbranched alkanes of at least 4 members (excludes halogenated alkanes) is 1. The number of hydrogen-bond donors (Lipinski definition) is 1. The SMILES string of the molecule is CN1CCN(N=C=NCCCCOc2ccc3ccc(=O)[nH]c3c2)CC1. The highest BCUT2D eigenvalue weighted by Crippen LogP contribution is 2.18. The molecule has 0 saturated carbocycles. The molecule has 26 heavy (non-hydrogen) atoms. The molecule has 1 aromatic heterocycles. The summed E-state index contributed by atoms with van der Waals surface area (Å²) in [6, 6.07) is 11.8. The lowest BCUT2D eigenvalue weighted by Gasteiger charge is -2.29. The van der Waals surface area contributed by atoms with E-state index in [4.69, 9.17) is 4.74 Å². The second-order valence-electron chi connectivity index (χ2n) is 6.47. The summed E-state index contributed by atoms with van der Waals surface area (Å²) in [6.07, 6.45) is 1.83. The molecule has 7 nitrogen and oxygen atoms in total. The van der Waals surface area contributed by atoms with Gasteiger partial charge in [0.15, 0.2) is 0 Å². The molecule has 7 heteroatoms. The molecular formula is C19H25N5O2. The van der Waals surface area contributed by atoms with Crippen molar-refractivity contribution in [3.8, 4) is 5.75 Å². The fraction of sp³-hybridized carbons (Fsp3) is 0.474. The molecule has 0 atom stereocenters. The molecule has 0 radical (unpaired) electrons. The minimum absolute atomic E-state index is 0.106. The van der Waals surface area contributed by atoms with Crippen LogP contribution in [0, 0.1) is 0 Å². The van der Waals surface area contributed by atoms with Crippen LogP contribution in [0.25, 0.3) is 10.9 Å². The molecule has 1 saturated heterocycles. The van der Waals surface area contributed by atoms with Gasteiger partial charge in [0, 0.05) is 38.3 Å². The zero-order valence-electron chi connectivity index (χ0n) is 15.1. The fourth-order valence-electron chi connectivity index (χ4n) is 2.74. The molecule has 0 spiro atoms. The number of benzene rings is 1. The smallest absolute Gasteiger partial charge is 0.248 e. The van der Waals surface area contributed by atoms with Gasteiger partial charge < -0.3 is 14.6 Å². The molecule has 0 unspecified atom stereocenters. The number of fused-ring (bicyclic) bond motifs is 1. The molecule has 3 rings (SSSR count). The number of pyridine rings is 1. The number of aromatic amines is 1. The van der Waals surface area contributed by atoms with Crippen LogP contribution in [0.4, 0.5) is 0 Å². The van der Waals surface area contributed by atoms with E-state index < -0.39 is 0 Å². The predicted molar refractivity (Wildman–Crippen MR) is 103 cm³/mol. The third-order valence-electron chi connectivity index (χ3n) is 4.37. The molecule has 138 valence electrons. The molecular weight excluding hydrogens is 330 g/mol. The van der Waals surface area contributed by atoms with Crippen molar-refractivity contribution < 1.29 is 4.74 Å². The van der Waals surface area contributed by atoms with Crippen molar-refractivity contribution in [1.29, 1.82) is 0 Å². The summed E-state index contributed by atoms with van der Waals surface area (Å²) >= 11 is 0. The third-order valence-corrected chi connectivity index (χ3v) is 4.37. The summed E-state index contributed by atoms with van der Waals surface area (Å²) < 4.78 is 5.75. The van der Waals surface area contributed by atoms with Crippen LogP contribution < -0.4 is 10.3 Å². The Balaban J connectivity index is 1.35. The maximum Gasteiger partial charge on any atom is 0.248 e. The monoisotopic (exact) mass is 355 g/mol. The second-order valence-corrected chi connectivity index (χ2v) is 6.47. The van der Waals surface area contributed by atoms with Crippen molar-refractivity contribution >= 4 is 16.9 Å². The maximum atomic E-state index is 11.4. The Bertz CT molecular complexity index is 833. The summed E-state index contributed by atoms with van der Waals surface area (Å²) in [6.45, 7) is 5.25. The minimum Gasteiger partial charge on any atom is -0.494 e. The Morgan fingerprint density at radius 2 is 1.96 bits per heavy atom. The molecule has 2 aromatic rings. The van der Waals surface area contributed by atoms with Crippen LogP contribution in [0.5, 0.6) is 5.75 Å². The van der Waals surface area contributed by atoms with Gasteiger partial charge in [-0.05, 0) is 43.5 Å². The van der Waals surface area contributed by atoms with Gasteiger partial charge in [-0.15, -0.1) is 5.10 Å². The van der Waals surface area contributed by atoms with E-state index >= 15 is 0 Å². The van der Waals surface area contributed by atoms with Crippen LogP contribution in [0.15, 0.2) is 45.2 Å². The average Bonchev–Trinajstić information content (AvgIpc) is 2.65. The summed E-state index contributed by atoms with van der Waals surface area (Å²) in [5.41, 5.74) is 0.686. The summed E-state index contributed by atoms with van der Waals surface area (Å²) in [4.78, 5) is 20.7. The zero-order chi connectivity index (χ0) is 18.2. The van der Waals surface area contributed by atoms with Gasteiger partial charge in [0.25, 0.3) is 0 Å². The van der Waals surface area contributed by atoms with Crippen molar-refractivity contribution in [3.63, 3.8) is 0 Å². The molecule has 0 bridgehead atoms. The molecule has 1 N–H and O–H groups in total. The van der Waals surface area contributed by atoms with E-state index in [0.29, 0.717) is 13.2 Å². The lowest BCUT2D eigenvalue weighted by Crippen LogP contribution is -2.41. The third kappa shape index (κ3) is 5.44. The van der Waals surface area contributed by atoms with Crippen LogP contribution in [-0.4, -0.2) is 67.3 Å². The first-order chi connectivity index (χ1) is 12.7. The second kappa shape index (κ2) is 9.17. The Morgan fingerprint density at radius 3 is 2.81 bits per heavy atom. The number of hydrazone groups is 1.